The van der Waals surface area contributed by atoms with E-state index in [1.54, 1.807) is 6.92 Å². The molecule has 1 aromatic heterocycles. The minimum Gasteiger partial charge on any atom is -0.465 e. The van der Waals surface area contributed by atoms with Crippen LogP contribution >= 0.6 is 11.6 Å². The van der Waals surface area contributed by atoms with E-state index < -0.39 is 5.97 Å². The molecule has 0 saturated carbocycles. The lowest BCUT2D eigenvalue weighted by atomic mass is 10.1. The van der Waals surface area contributed by atoms with E-state index in [1.165, 1.54) is 10.1 Å². The fraction of sp³-hybridized carbons (Fsp3) is 0.389. The third-order valence-electron chi connectivity index (χ3n) is 4.19. The Hall–Kier alpha value is -2.18. The zero-order valence-electron chi connectivity index (χ0n) is 14.1. The smallest absolute Gasteiger partial charge is 0.326 e. The van der Waals surface area contributed by atoms with E-state index in [2.05, 4.69) is 22.0 Å². The molecule has 2 heterocycles. The van der Waals surface area contributed by atoms with Gasteiger partial charge < -0.3 is 4.74 Å². The maximum atomic E-state index is 12.8. The highest BCUT2D eigenvalue weighted by Gasteiger charge is 2.24. The fourth-order valence-electron chi connectivity index (χ4n) is 2.99. The second-order valence-electron chi connectivity index (χ2n) is 5.95. The van der Waals surface area contributed by atoms with Gasteiger partial charge in [0, 0.05) is 26.1 Å². The highest BCUT2D eigenvalue weighted by molar-refractivity contribution is 6.28. The number of ether oxygens (including phenoxy) is 1. The van der Waals surface area contributed by atoms with Crippen molar-refractivity contribution in [2.75, 3.05) is 13.2 Å². The molecule has 7 heteroatoms. The van der Waals surface area contributed by atoms with Gasteiger partial charge in [0.25, 0.3) is 5.56 Å². The van der Waals surface area contributed by atoms with Crippen molar-refractivity contribution in [2.24, 2.45) is 0 Å². The molecule has 0 unspecified atom stereocenters. The van der Waals surface area contributed by atoms with E-state index in [-0.39, 0.29) is 24.0 Å². The number of carbonyl (C=O) groups is 1. The zero-order valence-corrected chi connectivity index (χ0v) is 14.8. The Labute approximate surface area is 151 Å². The molecule has 0 spiro atoms. The summed E-state index contributed by atoms with van der Waals surface area (Å²) in [6.07, 6.45) is 0.664. The summed E-state index contributed by atoms with van der Waals surface area (Å²) < 4.78 is 6.09. The van der Waals surface area contributed by atoms with E-state index in [4.69, 9.17) is 16.3 Å². The SMILES string of the molecule is CCOC(=O)Cn1c(Cl)nc2c(c1=O)CN(Cc1ccccc1)CC2. The second-order valence-corrected chi connectivity index (χ2v) is 6.29. The Morgan fingerprint density at radius 3 is 2.80 bits per heavy atom. The van der Waals surface area contributed by atoms with Crippen LogP contribution in [0.25, 0.3) is 0 Å². The van der Waals surface area contributed by atoms with Crippen LogP contribution in [0.4, 0.5) is 0 Å². The third kappa shape index (κ3) is 4.08. The van der Waals surface area contributed by atoms with Crippen molar-refractivity contribution in [3.63, 3.8) is 0 Å². The van der Waals surface area contributed by atoms with Crippen LogP contribution in [0.5, 0.6) is 0 Å². The number of esters is 1. The number of aromatic nitrogens is 2. The summed E-state index contributed by atoms with van der Waals surface area (Å²) in [5.74, 6) is -0.495. The van der Waals surface area contributed by atoms with Crippen LogP contribution in [0.15, 0.2) is 35.1 Å². The molecular formula is C18H20ClN3O3. The highest BCUT2D eigenvalue weighted by atomic mass is 35.5. The summed E-state index contributed by atoms with van der Waals surface area (Å²) in [6.45, 7) is 3.83. The number of hydrogen-bond acceptors (Lipinski definition) is 5. The first-order chi connectivity index (χ1) is 12.1. The summed E-state index contributed by atoms with van der Waals surface area (Å²) in [6, 6.07) is 10.1. The minimum atomic E-state index is -0.495. The van der Waals surface area contributed by atoms with Crippen LogP contribution in [0.3, 0.4) is 0 Å². The summed E-state index contributed by atoms with van der Waals surface area (Å²) in [7, 11) is 0. The minimum absolute atomic E-state index is 0.0355. The Morgan fingerprint density at radius 2 is 2.08 bits per heavy atom. The molecule has 3 rings (SSSR count). The molecule has 0 aliphatic carbocycles. The van der Waals surface area contributed by atoms with E-state index in [0.29, 0.717) is 18.5 Å². The van der Waals surface area contributed by atoms with Crippen molar-refractivity contribution >= 4 is 17.6 Å². The largest absolute Gasteiger partial charge is 0.465 e. The first kappa shape index (κ1) is 17.6. The Morgan fingerprint density at radius 1 is 1.32 bits per heavy atom. The Kier molecular flexibility index (Phi) is 5.50. The predicted molar refractivity (Wildman–Crippen MR) is 94.4 cm³/mol. The van der Waals surface area contributed by atoms with Gasteiger partial charge in [0.2, 0.25) is 5.28 Å². The second kappa shape index (κ2) is 7.80. The summed E-state index contributed by atoms with van der Waals surface area (Å²) in [4.78, 5) is 31.0. The average Bonchev–Trinajstić information content (AvgIpc) is 2.60. The fourth-order valence-corrected chi connectivity index (χ4v) is 3.23. The van der Waals surface area contributed by atoms with Gasteiger partial charge in [-0.2, -0.15) is 0 Å². The predicted octanol–water partition coefficient (Wildman–Crippen LogP) is 2.02. The Bertz CT molecular complexity index is 820. The molecular weight excluding hydrogens is 342 g/mol. The topological polar surface area (TPSA) is 64.4 Å². The van der Waals surface area contributed by atoms with Crippen molar-refractivity contribution in [2.45, 2.75) is 33.0 Å². The van der Waals surface area contributed by atoms with Crippen LogP contribution in [0, 0.1) is 0 Å². The summed E-state index contributed by atoms with van der Waals surface area (Å²) in [5, 5.41) is 0.0355. The quantitative estimate of drug-likeness (QED) is 0.602. The third-order valence-corrected chi connectivity index (χ3v) is 4.48. The lowest BCUT2D eigenvalue weighted by Gasteiger charge is -2.28. The first-order valence-electron chi connectivity index (χ1n) is 8.28. The first-order valence-corrected chi connectivity index (χ1v) is 8.66. The van der Waals surface area contributed by atoms with Gasteiger partial charge >= 0.3 is 5.97 Å². The number of carbonyl (C=O) groups excluding carboxylic acids is 1. The van der Waals surface area contributed by atoms with Gasteiger partial charge in [-0.05, 0) is 24.1 Å². The molecule has 0 saturated heterocycles. The summed E-state index contributed by atoms with van der Waals surface area (Å²) in [5.41, 5.74) is 2.26. The molecule has 1 aliphatic rings. The van der Waals surface area contributed by atoms with Crippen molar-refractivity contribution in [1.29, 1.82) is 0 Å². The van der Waals surface area contributed by atoms with Crippen LogP contribution in [-0.4, -0.2) is 33.6 Å². The number of nitrogens with zero attached hydrogens (tertiary/aromatic N) is 3. The number of rotatable bonds is 5. The molecule has 0 amide bonds. The number of benzene rings is 1. The maximum absolute atomic E-state index is 12.8. The lowest BCUT2D eigenvalue weighted by molar-refractivity contribution is -0.143. The molecule has 132 valence electrons. The molecule has 1 aromatic carbocycles. The van der Waals surface area contributed by atoms with Gasteiger partial charge in [-0.15, -0.1) is 0 Å². The van der Waals surface area contributed by atoms with Gasteiger partial charge in [0.15, 0.2) is 0 Å². The van der Waals surface area contributed by atoms with E-state index >= 15 is 0 Å². The van der Waals surface area contributed by atoms with Gasteiger partial charge in [-0.25, -0.2) is 4.98 Å². The van der Waals surface area contributed by atoms with E-state index in [1.807, 2.05) is 18.2 Å². The standard InChI is InChI=1S/C18H20ClN3O3/c1-2-25-16(23)12-22-17(24)14-11-21(9-8-15(14)20-18(22)19)10-13-6-4-3-5-7-13/h3-7H,2,8-12H2,1H3. The molecule has 1 aliphatic heterocycles. The normalized spacial score (nSPS) is 14.2. The van der Waals surface area contributed by atoms with Gasteiger partial charge in [0.1, 0.15) is 6.54 Å². The highest BCUT2D eigenvalue weighted by Crippen LogP contribution is 2.18. The monoisotopic (exact) mass is 361 g/mol. The lowest BCUT2D eigenvalue weighted by Crippen LogP contribution is -2.38. The van der Waals surface area contributed by atoms with Crippen molar-refractivity contribution in [3.05, 3.63) is 62.8 Å². The molecule has 6 nitrogen and oxygen atoms in total. The van der Waals surface area contributed by atoms with Crippen LogP contribution in [-0.2, 0) is 35.6 Å². The van der Waals surface area contributed by atoms with Crippen LogP contribution in [0.1, 0.15) is 23.7 Å². The summed E-state index contributed by atoms with van der Waals surface area (Å²) >= 11 is 6.11. The van der Waals surface area contributed by atoms with Crippen molar-refractivity contribution < 1.29 is 9.53 Å². The number of halogens is 1. The molecule has 2 aromatic rings. The van der Waals surface area contributed by atoms with E-state index in [9.17, 15) is 9.59 Å². The maximum Gasteiger partial charge on any atom is 0.326 e. The molecule has 0 fully saturated rings. The van der Waals surface area contributed by atoms with Crippen LogP contribution < -0.4 is 5.56 Å². The van der Waals surface area contributed by atoms with Gasteiger partial charge in [-0.1, -0.05) is 30.3 Å². The van der Waals surface area contributed by atoms with Crippen LogP contribution in [0.2, 0.25) is 5.28 Å². The molecule has 0 bridgehead atoms. The number of fused-ring (bicyclic) bond motifs is 1. The molecule has 25 heavy (non-hydrogen) atoms. The number of hydrogen-bond donors (Lipinski definition) is 0. The van der Waals surface area contributed by atoms with Gasteiger partial charge in [0.05, 0.1) is 17.9 Å². The zero-order chi connectivity index (χ0) is 17.8. The average molecular weight is 362 g/mol. The van der Waals surface area contributed by atoms with Crippen molar-refractivity contribution in [1.82, 2.24) is 14.5 Å². The molecule has 0 radical (unpaired) electrons. The molecule has 0 atom stereocenters. The van der Waals surface area contributed by atoms with Gasteiger partial charge in [-0.3, -0.25) is 19.1 Å². The van der Waals surface area contributed by atoms with Crippen molar-refractivity contribution in [3.8, 4) is 0 Å². The Balaban J connectivity index is 1.83. The molecule has 0 N–H and O–H groups in total. The van der Waals surface area contributed by atoms with E-state index in [0.717, 1.165) is 18.8 Å².